The van der Waals surface area contributed by atoms with E-state index in [0.717, 1.165) is 12.1 Å². The van der Waals surface area contributed by atoms with Crippen LogP contribution >= 0.6 is 11.6 Å². The zero-order valence-corrected chi connectivity index (χ0v) is 9.74. The number of ketones is 1. The molecule has 1 rings (SSSR count). The van der Waals surface area contributed by atoms with Gasteiger partial charge in [-0.15, -0.1) is 11.6 Å². The maximum atomic E-state index is 13.0. The monoisotopic (exact) mass is 256 g/mol. The van der Waals surface area contributed by atoms with Crippen molar-refractivity contribution in [2.24, 2.45) is 0 Å². The fraction of sp³-hybridized carbons (Fsp3) is 0.167. The lowest BCUT2D eigenvalue weighted by molar-refractivity contribution is -0.131. The van der Waals surface area contributed by atoms with E-state index in [4.69, 9.17) is 16.7 Å². The van der Waals surface area contributed by atoms with Gasteiger partial charge in [0, 0.05) is 6.08 Å². The van der Waals surface area contributed by atoms with Crippen molar-refractivity contribution in [2.75, 3.05) is 0 Å². The Labute approximate surface area is 103 Å². The fourth-order valence-corrected chi connectivity index (χ4v) is 1.50. The number of carbonyl (C=O) groups excluding carboxylic acids is 1. The second kappa shape index (κ2) is 5.59. The Morgan fingerprint density at radius 1 is 1.47 bits per heavy atom. The summed E-state index contributed by atoms with van der Waals surface area (Å²) in [5.74, 6) is -1.97. The standard InChI is InChI=1S/C12H10ClFO3/c1-7(15)12(13)10-4-3-9(14)6-8(10)2-5-11(16)17/h2-6,12H,1H3,(H,16,17). The quantitative estimate of drug-likeness (QED) is 0.666. The largest absolute Gasteiger partial charge is 0.478 e. The summed E-state index contributed by atoms with van der Waals surface area (Å²) in [7, 11) is 0. The van der Waals surface area contributed by atoms with Crippen LogP contribution in [0.2, 0.25) is 0 Å². The zero-order valence-electron chi connectivity index (χ0n) is 8.98. The second-order valence-corrected chi connectivity index (χ2v) is 3.85. The normalized spacial score (nSPS) is 12.6. The molecule has 0 heterocycles. The number of aliphatic carboxylic acids is 1. The minimum absolute atomic E-state index is 0.280. The van der Waals surface area contributed by atoms with Crippen LogP contribution in [0.25, 0.3) is 6.08 Å². The van der Waals surface area contributed by atoms with Crippen LogP contribution in [-0.4, -0.2) is 16.9 Å². The molecule has 1 aromatic rings. The van der Waals surface area contributed by atoms with E-state index in [9.17, 15) is 14.0 Å². The number of carbonyl (C=O) groups is 2. The van der Waals surface area contributed by atoms with Gasteiger partial charge >= 0.3 is 5.97 Å². The minimum Gasteiger partial charge on any atom is -0.478 e. The molecule has 1 N–H and O–H groups in total. The molecule has 0 saturated heterocycles. The van der Waals surface area contributed by atoms with Gasteiger partial charge in [-0.3, -0.25) is 4.79 Å². The summed E-state index contributed by atoms with van der Waals surface area (Å²) in [5.41, 5.74) is 0.667. The summed E-state index contributed by atoms with van der Waals surface area (Å²) in [5, 5.41) is 7.59. The molecule has 5 heteroatoms. The van der Waals surface area contributed by atoms with Crippen molar-refractivity contribution in [2.45, 2.75) is 12.3 Å². The topological polar surface area (TPSA) is 54.4 Å². The van der Waals surface area contributed by atoms with E-state index < -0.39 is 17.2 Å². The third kappa shape index (κ3) is 3.67. The molecule has 0 aliphatic carbocycles. The summed E-state index contributed by atoms with van der Waals surface area (Å²) in [6, 6.07) is 3.68. The van der Waals surface area contributed by atoms with E-state index in [1.807, 2.05) is 0 Å². The van der Waals surface area contributed by atoms with Crippen molar-refractivity contribution in [1.29, 1.82) is 0 Å². The molecule has 0 fully saturated rings. The minimum atomic E-state index is -1.16. The average molecular weight is 257 g/mol. The van der Waals surface area contributed by atoms with E-state index >= 15 is 0 Å². The first kappa shape index (κ1) is 13.4. The Bertz CT molecular complexity index is 483. The highest BCUT2D eigenvalue weighted by molar-refractivity contribution is 6.31. The SMILES string of the molecule is CC(=O)C(Cl)c1ccc(F)cc1C=CC(=O)O. The molecule has 1 aromatic carbocycles. The molecular formula is C12H10ClFO3. The third-order valence-electron chi connectivity index (χ3n) is 2.08. The van der Waals surface area contributed by atoms with Crippen molar-refractivity contribution in [3.05, 3.63) is 41.2 Å². The molecule has 17 heavy (non-hydrogen) atoms. The van der Waals surface area contributed by atoms with Crippen molar-refractivity contribution in [3.63, 3.8) is 0 Å². The molecule has 1 unspecified atom stereocenters. The lowest BCUT2D eigenvalue weighted by Crippen LogP contribution is -2.04. The van der Waals surface area contributed by atoms with Crippen molar-refractivity contribution < 1.29 is 19.1 Å². The summed E-state index contributed by atoms with van der Waals surface area (Å²) >= 11 is 5.86. The van der Waals surface area contributed by atoms with Crippen LogP contribution in [0.4, 0.5) is 4.39 Å². The van der Waals surface area contributed by atoms with Crippen molar-refractivity contribution in [1.82, 2.24) is 0 Å². The van der Waals surface area contributed by atoms with E-state index in [0.29, 0.717) is 5.56 Å². The van der Waals surface area contributed by atoms with Crippen LogP contribution in [0, 0.1) is 5.82 Å². The molecule has 0 bridgehead atoms. The predicted octanol–water partition coefficient (Wildman–Crippen LogP) is 2.79. The van der Waals surface area contributed by atoms with Crippen molar-refractivity contribution in [3.8, 4) is 0 Å². The van der Waals surface area contributed by atoms with Gasteiger partial charge in [0.2, 0.25) is 0 Å². The summed E-state index contributed by atoms with van der Waals surface area (Å²) in [4.78, 5) is 21.5. The van der Waals surface area contributed by atoms with Crippen LogP contribution < -0.4 is 0 Å². The lowest BCUT2D eigenvalue weighted by Gasteiger charge is -2.09. The van der Waals surface area contributed by atoms with Gasteiger partial charge in [-0.25, -0.2) is 9.18 Å². The Morgan fingerprint density at radius 3 is 2.65 bits per heavy atom. The highest BCUT2D eigenvalue weighted by Gasteiger charge is 2.16. The highest BCUT2D eigenvalue weighted by atomic mass is 35.5. The number of hydrogen-bond acceptors (Lipinski definition) is 2. The smallest absolute Gasteiger partial charge is 0.328 e. The van der Waals surface area contributed by atoms with Gasteiger partial charge in [0.1, 0.15) is 11.2 Å². The Morgan fingerprint density at radius 2 is 2.12 bits per heavy atom. The Kier molecular flexibility index (Phi) is 4.40. The predicted molar refractivity (Wildman–Crippen MR) is 62.3 cm³/mol. The molecule has 0 aromatic heterocycles. The molecule has 1 atom stereocenters. The first-order valence-electron chi connectivity index (χ1n) is 4.77. The first-order chi connectivity index (χ1) is 7.91. The maximum absolute atomic E-state index is 13.0. The molecule has 0 aliphatic heterocycles. The first-order valence-corrected chi connectivity index (χ1v) is 5.20. The molecule has 0 spiro atoms. The molecular weight excluding hydrogens is 247 g/mol. The van der Waals surface area contributed by atoms with E-state index in [1.165, 1.54) is 25.1 Å². The van der Waals surface area contributed by atoms with Gasteiger partial charge in [-0.2, -0.15) is 0 Å². The van der Waals surface area contributed by atoms with Gasteiger partial charge in [-0.1, -0.05) is 6.07 Å². The maximum Gasteiger partial charge on any atom is 0.328 e. The fourth-order valence-electron chi connectivity index (χ4n) is 1.30. The Hall–Kier alpha value is -1.68. The van der Waals surface area contributed by atoms with E-state index in [2.05, 4.69) is 0 Å². The lowest BCUT2D eigenvalue weighted by atomic mass is 10.0. The van der Waals surface area contributed by atoms with Crippen LogP contribution in [0.15, 0.2) is 24.3 Å². The molecule has 0 amide bonds. The molecule has 0 radical (unpaired) electrons. The van der Waals surface area contributed by atoms with Gasteiger partial charge in [0.25, 0.3) is 0 Å². The number of hydrogen-bond donors (Lipinski definition) is 1. The number of benzene rings is 1. The Balaban J connectivity index is 3.21. The molecule has 90 valence electrons. The number of Topliss-reactive ketones (excluding diaryl/α,β-unsaturated/α-hetero) is 1. The van der Waals surface area contributed by atoms with Crippen LogP contribution in [0.5, 0.6) is 0 Å². The number of rotatable bonds is 4. The second-order valence-electron chi connectivity index (χ2n) is 3.42. The van der Waals surface area contributed by atoms with Crippen LogP contribution in [0.1, 0.15) is 23.4 Å². The van der Waals surface area contributed by atoms with E-state index in [-0.39, 0.29) is 11.3 Å². The van der Waals surface area contributed by atoms with E-state index in [1.54, 1.807) is 0 Å². The summed E-state index contributed by atoms with van der Waals surface area (Å²) < 4.78 is 13.0. The number of halogens is 2. The van der Waals surface area contributed by atoms with Gasteiger partial charge < -0.3 is 5.11 Å². The van der Waals surface area contributed by atoms with Crippen molar-refractivity contribution >= 4 is 29.4 Å². The van der Waals surface area contributed by atoms with Gasteiger partial charge in [0.15, 0.2) is 5.78 Å². The summed E-state index contributed by atoms with van der Waals surface area (Å²) in [6.45, 7) is 1.31. The summed E-state index contributed by atoms with van der Waals surface area (Å²) in [6.07, 6.45) is 2.07. The zero-order chi connectivity index (χ0) is 13.0. The van der Waals surface area contributed by atoms with Crippen LogP contribution in [0.3, 0.4) is 0 Å². The number of carboxylic acids is 1. The van der Waals surface area contributed by atoms with Crippen LogP contribution in [-0.2, 0) is 9.59 Å². The number of alkyl halides is 1. The number of carboxylic acid groups (broad SMARTS) is 1. The van der Waals surface area contributed by atoms with Gasteiger partial charge in [-0.05, 0) is 36.3 Å². The molecule has 0 saturated carbocycles. The van der Waals surface area contributed by atoms with Gasteiger partial charge in [0.05, 0.1) is 0 Å². The molecule has 0 aliphatic rings. The third-order valence-corrected chi connectivity index (χ3v) is 2.63. The molecule has 3 nitrogen and oxygen atoms in total. The average Bonchev–Trinajstić information content (AvgIpc) is 2.25. The highest BCUT2D eigenvalue weighted by Crippen LogP contribution is 2.26.